The fourth-order valence-electron chi connectivity index (χ4n) is 2.98. The largest absolute Gasteiger partial charge is 0.355 e. The number of nitrogens with one attached hydrogen (secondary N) is 2. The topological polar surface area (TPSA) is 118 Å². The van der Waals surface area contributed by atoms with Gasteiger partial charge in [-0.15, -0.1) is 11.3 Å². The molecule has 0 bridgehead atoms. The Morgan fingerprint density at radius 1 is 1.17 bits per heavy atom. The van der Waals surface area contributed by atoms with Crippen LogP contribution in [0.25, 0.3) is 10.6 Å². The summed E-state index contributed by atoms with van der Waals surface area (Å²) in [6, 6.07) is 11.2. The number of nitrogens with zero attached hydrogens (tertiary/aromatic N) is 1. The Hall–Kier alpha value is -2.98. The van der Waals surface area contributed by atoms with Crippen LogP contribution in [0.2, 0.25) is 0 Å². The third-order valence-corrected chi connectivity index (χ3v) is 6.98. The summed E-state index contributed by atoms with van der Waals surface area (Å²) in [5, 5.41) is 8.84. The predicted octanol–water partition coefficient (Wildman–Crippen LogP) is 2.90. The monoisotopic (exact) mass is 431 g/mol. The number of hydrogen-bond donors (Lipinski definition) is 2. The van der Waals surface area contributed by atoms with Gasteiger partial charge >= 0.3 is 0 Å². The van der Waals surface area contributed by atoms with Gasteiger partial charge in [0.1, 0.15) is 0 Å². The zero-order chi connectivity index (χ0) is 20.6. The molecule has 1 aliphatic carbocycles. The molecule has 1 aliphatic rings. The maximum atomic E-state index is 12.9. The molecule has 29 heavy (non-hydrogen) atoms. The Morgan fingerprint density at radius 2 is 1.90 bits per heavy atom. The minimum absolute atomic E-state index is 0.0658. The first-order valence-electron chi connectivity index (χ1n) is 8.76. The molecule has 0 atom stereocenters. The molecule has 150 valence electrons. The molecule has 1 saturated carbocycles. The normalized spacial score (nSPS) is 14.9. The van der Waals surface area contributed by atoms with Crippen LogP contribution in [-0.4, -0.2) is 25.4 Å². The molecule has 1 fully saturated rings. The van der Waals surface area contributed by atoms with E-state index < -0.39 is 21.3 Å². The number of carbonyl (C=O) groups is 2. The van der Waals surface area contributed by atoms with Gasteiger partial charge in [0, 0.05) is 18.7 Å². The molecule has 0 unspecified atom stereocenters. The number of anilines is 1. The second-order valence-corrected chi connectivity index (χ2v) is 9.41. The third kappa shape index (κ3) is 3.81. The van der Waals surface area contributed by atoms with E-state index in [4.69, 9.17) is 4.52 Å². The van der Waals surface area contributed by atoms with Gasteiger partial charge < -0.3 is 9.84 Å². The smallest absolute Gasteiger partial charge is 0.264 e. The highest BCUT2D eigenvalue weighted by Gasteiger charge is 2.53. The van der Waals surface area contributed by atoms with Gasteiger partial charge in [-0.3, -0.25) is 9.59 Å². The molecule has 10 heteroatoms. The summed E-state index contributed by atoms with van der Waals surface area (Å²) >= 11 is 1.53. The number of sulfonamides is 1. The Morgan fingerprint density at radius 3 is 2.48 bits per heavy atom. The van der Waals surface area contributed by atoms with Crippen molar-refractivity contribution in [2.75, 3.05) is 5.32 Å². The Kier molecular flexibility index (Phi) is 4.75. The summed E-state index contributed by atoms with van der Waals surface area (Å²) in [4.78, 5) is 24.7. The first-order valence-corrected chi connectivity index (χ1v) is 11.1. The van der Waals surface area contributed by atoms with Crippen LogP contribution in [0, 0.1) is 0 Å². The molecule has 2 N–H and O–H groups in total. The van der Waals surface area contributed by atoms with E-state index in [1.54, 1.807) is 6.07 Å². The van der Waals surface area contributed by atoms with Gasteiger partial charge in [0.05, 0.1) is 20.9 Å². The van der Waals surface area contributed by atoms with Gasteiger partial charge in [0.25, 0.3) is 10.0 Å². The molecule has 0 radical (unpaired) electrons. The summed E-state index contributed by atoms with van der Waals surface area (Å²) in [5.74, 6) is -0.268. The van der Waals surface area contributed by atoms with Crippen LogP contribution in [0.5, 0.6) is 0 Å². The van der Waals surface area contributed by atoms with E-state index in [2.05, 4.69) is 10.5 Å². The number of thiophene rings is 1. The lowest BCUT2D eigenvalue weighted by Gasteiger charge is -2.13. The number of rotatable bonds is 6. The standard InChI is InChI=1S/C19H17N3O5S2/c1-12(23)22-29(25,26)14-6-4-13(5-7-14)20-18(24)19(8-9-19)17-11-15(27-21-17)16-3-2-10-28-16/h2-7,10-11H,8-9H2,1H3,(H,20,24)(H,22,23). The molecule has 3 aromatic rings. The first-order chi connectivity index (χ1) is 13.8. The van der Waals surface area contributed by atoms with Crippen LogP contribution in [0.15, 0.2) is 57.3 Å². The predicted molar refractivity (Wildman–Crippen MR) is 107 cm³/mol. The van der Waals surface area contributed by atoms with Crippen molar-refractivity contribution >= 4 is 38.9 Å². The molecule has 8 nitrogen and oxygen atoms in total. The van der Waals surface area contributed by atoms with E-state index in [0.717, 1.165) is 11.8 Å². The summed E-state index contributed by atoms with van der Waals surface area (Å²) < 4.78 is 31.3. The van der Waals surface area contributed by atoms with Gasteiger partial charge in [-0.25, -0.2) is 13.1 Å². The number of carbonyl (C=O) groups excluding carboxylic acids is 2. The Labute approximate surface area is 171 Å². The van der Waals surface area contributed by atoms with E-state index in [1.807, 2.05) is 22.2 Å². The molecular formula is C19H17N3O5S2. The highest BCUT2D eigenvalue weighted by Crippen LogP contribution is 2.49. The van der Waals surface area contributed by atoms with Crippen molar-refractivity contribution in [3.8, 4) is 10.6 Å². The van der Waals surface area contributed by atoms with Crippen LogP contribution in [0.3, 0.4) is 0 Å². The Bertz CT molecular complexity index is 1160. The van der Waals surface area contributed by atoms with Crippen LogP contribution >= 0.6 is 11.3 Å². The first kappa shape index (κ1) is 19.3. The van der Waals surface area contributed by atoms with Gasteiger partial charge in [0.15, 0.2) is 5.76 Å². The van der Waals surface area contributed by atoms with Crippen molar-refractivity contribution < 1.29 is 22.5 Å². The van der Waals surface area contributed by atoms with E-state index in [9.17, 15) is 18.0 Å². The van der Waals surface area contributed by atoms with E-state index >= 15 is 0 Å². The van der Waals surface area contributed by atoms with Crippen molar-refractivity contribution in [1.82, 2.24) is 9.88 Å². The number of hydrogen-bond acceptors (Lipinski definition) is 7. The van der Waals surface area contributed by atoms with Crippen LogP contribution in [-0.2, 0) is 25.0 Å². The average Bonchev–Trinajstić information content (AvgIpc) is 3.06. The molecule has 0 saturated heterocycles. The van der Waals surface area contributed by atoms with Gasteiger partial charge in [-0.2, -0.15) is 0 Å². The summed E-state index contributed by atoms with van der Waals surface area (Å²) in [6.45, 7) is 1.12. The van der Waals surface area contributed by atoms with Gasteiger partial charge in [-0.05, 0) is 48.6 Å². The van der Waals surface area contributed by atoms with Gasteiger partial charge in [0.2, 0.25) is 11.8 Å². The highest BCUT2D eigenvalue weighted by molar-refractivity contribution is 7.90. The lowest BCUT2D eigenvalue weighted by atomic mass is 10.0. The fourth-order valence-corrected chi connectivity index (χ4v) is 4.64. The summed E-state index contributed by atoms with van der Waals surface area (Å²) in [5.41, 5.74) is 0.299. The van der Waals surface area contributed by atoms with Crippen molar-refractivity contribution in [2.24, 2.45) is 0 Å². The lowest BCUT2D eigenvalue weighted by Crippen LogP contribution is -2.29. The number of aromatic nitrogens is 1. The van der Waals surface area contributed by atoms with Crippen molar-refractivity contribution in [1.29, 1.82) is 0 Å². The van der Waals surface area contributed by atoms with E-state index in [-0.39, 0.29) is 10.8 Å². The molecule has 1 aromatic carbocycles. The fraction of sp³-hybridized carbons (Fsp3) is 0.211. The third-order valence-electron chi connectivity index (χ3n) is 4.65. The number of benzene rings is 1. The minimum atomic E-state index is -3.92. The molecule has 4 rings (SSSR count). The SMILES string of the molecule is CC(=O)NS(=O)(=O)c1ccc(NC(=O)C2(c3cc(-c4cccs4)on3)CC2)cc1. The molecule has 0 spiro atoms. The summed E-state index contributed by atoms with van der Waals surface area (Å²) in [6.07, 6.45) is 1.31. The average molecular weight is 431 g/mol. The van der Waals surface area contributed by atoms with Crippen molar-refractivity contribution in [3.63, 3.8) is 0 Å². The molecule has 2 amide bonds. The second kappa shape index (κ2) is 7.12. The van der Waals surface area contributed by atoms with Crippen LogP contribution in [0.4, 0.5) is 5.69 Å². The minimum Gasteiger partial charge on any atom is -0.355 e. The van der Waals surface area contributed by atoms with E-state index in [1.165, 1.54) is 35.6 Å². The second-order valence-electron chi connectivity index (χ2n) is 6.78. The Balaban J connectivity index is 1.49. The van der Waals surface area contributed by atoms with Crippen LogP contribution < -0.4 is 10.0 Å². The zero-order valence-corrected chi connectivity index (χ0v) is 17.0. The summed E-state index contributed by atoms with van der Waals surface area (Å²) in [7, 11) is -3.92. The maximum absolute atomic E-state index is 12.9. The van der Waals surface area contributed by atoms with Crippen molar-refractivity contribution in [3.05, 3.63) is 53.5 Å². The van der Waals surface area contributed by atoms with Gasteiger partial charge in [-0.1, -0.05) is 11.2 Å². The molecule has 2 heterocycles. The number of amides is 2. The van der Waals surface area contributed by atoms with Crippen LogP contribution in [0.1, 0.15) is 25.5 Å². The quantitative estimate of drug-likeness (QED) is 0.620. The molecule has 2 aromatic heterocycles. The maximum Gasteiger partial charge on any atom is 0.264 e. The zero-order valence-electron chi connectivity index (χ0n) is 15.3. The molecule has 0 aliphatic heterocycles. The van der Waals surface area contributed by atoms with Crippen molar-refractivity contribution in [2.45, 2.75) is 30.1 Å². The van der Waals surface area contributed by atoms with E-state index in [0.29, 0.717) is 30.0 Å². The molecular weight excluding hydrogens is 414 g/mol. The highest BCUT2D eigenvalue weighted by atomic mass is 32.2. The lowest BCUT2D eigenvalue weighted by molar-refractivity contribution is -0.119.